The summed E-state index contributed by atoms with van der Waals surface area (Å²) in [5.41, 5.74) is 1.58. The molecule has 6 nitrogen and oxygen atoms in total. The monoisotopic (exact) mass is 298 g/mol. The Bertz CT molecular complexity index is 778. The Morgan fingerprint density at radius 2 is 2.05 bits per heavy atom. The molecule has 0 atom stereocenters. The molecule has 0 amide bonds. The quantitative estimate of drug-likeness (QED) is 0.439. The number of hydrogen-bond acceptors (Lipinski definition) is 6. The van der Waals surface area contributed by atoms with Crippen molar-refractivity contribution >= 4 is 22.9 Å². The third-order valence-corrected chi connectivity index (χ3v) is 3.77. The third-order valence-electron chi connectivity index (χ3n) is 2.81. The summed E-state index contributed by atoms with van der Waals surface area (Å²) in [7, 11) is 0. The summed E-state index contributed by atoms with van der Waals surface area (Å²) in [4.78, 5) is 12.7. The fraction of sp³-hybridized carbons (Fsp3) is 0. The number of tetrazole rings is 1. The van der Waals surface area contributed by atoms with Gasteiger partial charge in [0.25, 0.3) is 0 Å². The van der Waals surface area contributed by atoms with Crippen LogP contribution in [-0.2, 0) is 0 Å². The number of aliphatic hydroxyl groups excluding tert-OH is 1. The number of aromatic amines is 1. The minimum atomic E-state index is -0.508. The van der Waals surface area contributed by atoms with Crippen LogP contribution in [-0.4, -0.2) is 31.5 Å². The highest BCUT2D eigenvalue weighted by Gasteiger charge is 2.14. The smallest absolute Gasteiger partial charge is 0.244 e. The van der Waals surface area contributed by atoms with Gasteiger partial charge in [-0.1, -0.05) is 30.3 Å². The van der Waals surface area contributed by atoms with Crippen molar-refractivity contribution in [2.75, 3.05) is 0 Å². The number of nitrogens with zero attached hydrogens (tertiary/aromatic N) is 3. The van der Waals surface area contributed by atoms with Crippen LogP contribution in [0.5, 0.6) is 0 Å². The maximum Gasteiger partial charge on any atom is 0.244 e. The second-order valence-electron chi connectivity index (χ2n) is 4.16. The lowest BCUT2D eigenvalue weighted by atomic mass is 10.1. The number of allylic oxidation sites excluding steroid dienone is 1. The van der Waals surface area contributed by atoms with Crippen molar-refractivity contribution in [1.29, 1.82) is 0 Å². The second kappa shape index (κ2) is 5.68. The number of rotatable bonds is 4. The SMILES string of the molecule is O=C(C=C(O)c1ccsc1-c1ccccc1)c1nn[nH]n1. The Kier molecular flexibility index (Phi) is 3.57. The van der Waals surface area contributed by atoms with E-state index in [1.165, 1.54) is 11.3 Å². The van der Waals surface area contributed by atoms with E-state index >= 15 is 0 Å². The number of H-pyrrole nitrogens is 1. The molecule has 0 aliphatic rings. The normalized spacial score (nSPS) is 11.5. The van der Waals surface area contributed by atoms with Crippen molar-refractivity contribution in [3.8, 4) is 10.4 Å². The molecule has 0 bridgehead atoms. The first-order chi connectivity index (χ1) is 10.3. The van der Waals surface area contributed by atoms with Crippen LogP contribution in [0.25, 0.3) is 16.2 Å². The van der Waals surface area contributed by atoms with Gasteiger partial charge in [0.1, 0.15) is 5.76 Å². The van der Waals surface area contributed by atoms with Crippen molar-refractivity contribution in [3.63, 3.8) is 0 Å². The molecular weight excluding hydrogens is 288 g/mol. The summed E-state index contributed by atoms with van der Waals surface area (Å²) in [5, 5.41) is 24.7. The van der Waals surface area contributed by atoms with Crippen LogP contribution >= 0.6 is 11.3 Å². The van der Waals surface area contributed by atoms with Gasteiger partial charge in [-0.25, -0.2) is 0 Å². The predicted molar refractivity (Wildman–Crippen MR) is 78.9 cm³/mol. The minimum absolute atomic E-state index is 0.0851. The number of hydrogen-bond donors (Lipinski definition) is 2. The molecule has 0 unspecified atom stereocenters. The molecular formula is C14H10N4O2S. The molecule has 2 heterocycles. The van der Waals surface area contributed by atoms with Gasteiger partial charge in [0, 0.05) is 16.5 Å². The van der Waals surface area contributed by atoms with Gasteiger partial charge in [-0.15, -0.1) is 21.5 Å². The number of carbonyl (C=O) groups is 1. The van der Waals surface area contributed by atoms with Gasteiger partial charge in [-0.3, -0.25) is 4.79 Å². The predicted octanol–water partition coefficient (Wildman–Crippen LogP) is 2.71. The van der Waals surface area contributed by atoms with Gasteiger partial charge in [-0.05, 0) is 22.2 Å². The van der Waals surface area contributed by atoms with Crippen LogP contribution < -0.4 is 0 Å². The zero-order chi connectivity index (χ0) is 14.7. The first-order valence-electron chi connectivity index (χ1n) is 6.07. The van der Waals surface area contributed by atoms with E-state index in [9.17, 15) is 9.90 Å². The lowest BCUT2D eigenvalue weighted by Gasteiger charge is -2.03. The molecule has 1 aromatic carbocycles. The third kappa shape index (κ3) is 2.72. The molecule has 104 valence electrons. The van der Waals surface area contributed by atoms with Crippen molar-refractivity contribution in [2.24, 2.45) is 0 Å². The molecule has 7 heteroatoms. The number of thiophene rings is 1. The summed E-state index contributed by atoms with van der Waals surface area (Å²) in [6.45, 7) is 0. The Labute approximate surface area is 123 Å². The van der Waals surface area contributed by atoms with Crippen molar-refractivity contribution in [3.05, 3.63) is 59.2 Å². The Balaban J connectivity index is 1.95. The summed E-state index contributed by atoms with van der Waals surface area (Å²) >= 11 is 1.49. The molecule has 0 spiro atoms. The number of aliphatic hydroxyl groups is 1. The first kappa shape index (κ1) is 13.2. The zero-order valence-corrected chi connectivity index (χ0v) is 11.5. The molecule has 0 aliphatic heterocycles. The van der Waals surface area contributed by atoms with Gasteiger partial charge in [0.15, 0.2) is 0 Å². The summed E-state index contributed by atoms with van der Waals surface area (Å²) in [6.07, 6.45) is 1.10. The molecule has 2 N–H and O–H groups in total. The van der Waals surface area contributed by atoms with E-state index in [2.05, 4.69) is 20.6 Å². The van der Waals surface area contributed by atoms with Gasteiger partial charge >= 0.3 is 0 Å². The summed E-state index contributed by atoms with van der Waals surface area (Å²) < 4.78 is 0. The van der Waals surface area contributed by atoms with E-state index in [1.807, 2.05) is 35.7 Å². The second-order valence-corrected chi connectivity index (χ2v) is 5.07. The number of benzene rings is 1. The Hall–Kier alpha value is -2.80. The molecule has 0 radical (unpaired) electrons. The number of aromatic nitrogens is 4. The summed E-state index contributed by atoms with van der Waals surface area (Å²) in [5.74, 6) is -0.714. The maximum absolute atomic E-state index is 11.8. The van der Waals surface area contributed by atoms with Crippen LogP contribution in [0.1, 0.15) is 16.2 Å². The fourth-order valence-corrected chi connectivity index (χ4v) is 2.77. The van der Waals surface area contributed by atoms with E-state index in [0.29, 0.717) is 5.56 Å². The van der Waals surface area contributed by atoms with E-state index in [4.69, 9.17) is 0 Å². The topological polar surface area (TPSA) is 91.8 Å². The Morgan fingerprint density at radius 3 is 2.76 bits per heavy atom. The fourth-order valence-electron chi connectivity index (χ4n) is 1.86. The van der Waals surface area contributed by atoms with Gasteiger partial charge in [-0.2, -0.15) is 5.21 Å². The van der Waals surface area contributed by atoms with Crippen LogP contribution in [0.15, 0.2) is 47.9 Å². The molecule has 3 aromatic rings. The van der Waals surface area contributed by atoms with Gasteiger partial charge in [0.2, 0.25) is 11.6 Å². The molecule has 0 saturated heterocycles. The van der Waals surface area contributed by atoms with Crippen LogP contribution in [0.3, 0.4) is 0 Å². The largest absolute Gasteiger partial charge is 0.507 e. The van der Waals surface area contributed by atoms with Crippen LogP contribution in [0, 0.1) is 0 Å². The summed E-state index contributed by atoms with van der Waals surface area (Å²) in [6, 6.07) is 11.4. The average Bonchev–Trinajstić information content (AvgIpc) is 3.19. The molecule has 0 saturated carbocycles. The highest BCUT2D eigenvalue weighted by molar-refractivity contribution is 7.13. The highest BCUT2D eigenvalue weighted by Crippen LogP contribution is 2.33. The van der Waals surface area contributed by atoms with E-state index < -0.39 is 5.78 Å². The molecule has 0 aliphatic carbocycles. The standard InChI is InChI=1S/C14H10N4O2S/c19-11(8-12(20)14-15-17-18-16-14)10-6-7-21-13(10)9-4-2-1-3-5-9/h1-8,19H,(H,15,16,17,18). The zero-order valence-electron chi connectivity index (χ0n) is 10.7. The molecule has 3 rings (SSSR count). The van der Waals surface area contributed by atoms with E-state index in [-0.39, 0.29) is 11.6 Å². The maximum atomic E-state index is 11.8. The average molecular weight is 298 g/mol. The number of nitrogens with one attached hydrogen (secondary N) is 1. The first-order valence-corrected chi connectivity index (χ1v) is 6.95. The van der Waals surface area contributed by atoms with Gasteiger partial charge < -0.3 is 5.11 Å². The molecule has 2 aromatic heterocycles. The van der Waals surface area contributed by atoms with Crippen molar-refractivity contribution < 1.29 is 9.90 Å². The Morgan fingerprint density at radius 1 is 1.24 bits per heavy atom. The molecule has 21 heavy (non-hydrogen) atoms. The lowest BCUT2D eigenvalue weighted by Crippen LogP contribution is -1.99. The number of carbonyl (C=O) groups excluding carboxylic acids is 1. The van der Waals surface area contributed by atoms with E-state index in [1.54, 1.807) is 6.07 Å². The highest BCUT2D eigenvalue weighted by atomic mass is 32.1. The van der Waals surface area contributed by atoms with Crippen molar-refractivity contribution in [2.45, 2.75) is 0 Å². The van der Waals surface area contributed by atoms with Crippen LogP contribution in [0.4, 0.5) is 0 Å². The molecule has 0 fully saturated rings. The minimum Gasteiger partial charge on any atom is -0.507 e. The van der Waals surface area contributed by atoms with E-state index in [0.717, 1.165) is 16.5 Å². The lowest BCUT2D eigenvalue weighted by molar-refractivity contribution is 0.103. The number of ketones is 1. The van der Waals surface area contributed by atoms with Gasteiger partial charge in [0.05, 0.1) is 0 Å². The van der Waals surface area contributed by atoms with Crippen molar-refractivity contribution in [1.82, 2.24) is 20.6 Å². The van der Waals surface area contributed by atoms with Crippen LogP contribution in [0.2, 0.25) is 0 Å².